The summed E-state index contributed by atoms with van der Waals surface area (Å²) in [5, 5.41) is 17.6. The van der Waals surface area contributed by atoms with Gasteiger partial charge in [-0.2, -0.15) is 0 Å². The summed E-state index contributed by atoms with van der Waals surface area (Å²) in [6, 6.07) is 0. The van der Waals surface area contributed by atoms with Crippen LogP contribution in [0.5, 0.6) is 0 Å². The minimum Gasteiger partial charge on any atom is -0.508 e. The lowest BCUT2D eigenvalue weighted by Gasteiger charge is -2.00. The maximum absolute atomic E-state index is 10.3. The third-order valence-corrected chi connectivity index (χ3v) is 3.26. The molecule has 0 aliphatic heterocycles. The Hall–Kier alpha value is -1.51. The maximum Gasteiger partial charge on any atom is 0.332 e. The molecule has 0 amide bonds. The van der Waals surface area contributed by atoms with Crippen LogP contribution in [0.3, 0.4) is 0 Å². The van der Waals surface area contributed by atoms with Crippen LogP contribution >= 0.6 is 0 Å². The summed E-state index contributed by atoms with van der Waals surface area (Å²) in [6.45, 7) is 2.24. The van der Waals surface area contributed by atoms with Gasteiger partial charge in [-0.3, -0.25) is 0 Å². The van der Waals surface area contributed by atoms with E-state index in [0.717, 1.165) is 12.5 Å². The van der Waals surface area contributed by atoms with Crippen LogP contribution in [0.4, 0.5) is 0 Å². The molecule has 0 aromatic heterocycles. The minimum atomic E-state index is -1.14. The number of carbonyl (C=O) groups is 1. The zero-order valence-corrected chi connectivity index (χ0v) is 13.3. The highest BCUT2D eigenvalue weighted by Crippen LogP contribution is 2.10. The first kappa shape index (κ1) is 19.5. The van der Waals surface area contributed by atoms with Crippen LogP contribution in [-0.4, -0.2) is 16.2 Å². The normalized spacial score (nSPS) is 12.5. The lowest BCUT2D eigenvalue weighted by atomic mass is 10.1. The van der Waals surface area contributed by atoms with Crippen LogP contribution in [-0.2, 0) is 4.79 Å². The number of carboxylic acid groups (broad SMARTS) is 1. The third kappa shape index (κ3) is 16.4. The molecule has 0 saturated heterocycles. The van der Waals surface area contributed by atoms with Crippen molar-refractivity contribution < 1.29 is 15.0 Å². The first-order valence-electron chi connectivity index (χ1n) is 8.13. The predicted molar refractivity (Wildman–Crippen MR) is 88.5 cm³/mol. The highest BCUT2D eigenvalue weighted by molar-refractivity contribution is 5.80. The molecule has 0 aliphatic rings. The quantitative estimate of drug-likeness (QED) is 0.203. The standard InChI is InChI=1S/C18H30O3/c1-2-3-4-5-6-7-8-9-10-11-12-13-14-15-17(19)16-18(20)21/h12-16,19H,2-11H2,1H3,(H,20,21)/b13-12+,15-14+,17-16-. The van der Waals surface area contributed by atoms with Crippen molar-refractivity contribution >= 4 is 5.97 Å². The Morgan fingerprint density at radius 1 is 0.857 bits per heavy atom. The van der Waals surface area contributed by atoms with Gasteiger partial charge < -0.3 is 10.2 Å². The van der Waals surface area contributed by atoms with Gasteiger partial charge in [0.25, 0.3) is 0 Å². The summed E-state index contributed by atoms with van der Waals surface area (Å²) in [4.78, 5) is 10.3. The molecular weight excluding hydrogens is 264 g/mol. The van der Waals surface area contributed by atoms with Crippen molar-refractivity contribution in [2.24, 2.45) is 0 Å². The van der Waals surface area contributed by atoms with Crippen LogP contribution in [0.2, 0.25) is 0 Å². The van der Waals surface area contributed by atoms with Crippen molar-refractivity contribution in [3.8, 4) is 0 Å². The number of rotatable bonds is 13. The summed E-state index contributed by atoms with van der Waals surface area (Å²) in [5.41, 5.74) is 0. The van der Waals surface area contributed by atoms with E-state index in [1.54, 1.807) is 6.08 Å². The van der Waals surface area contributed by atoms with E-state index in [1.807, 2.05) is 12.2 Å². The lowest BCUT2D eigenvalue weighted by Crippen LogP contribution is -1.89. The fourth-order valence-corrected chi connectivity index (χ4v) is 2.08. The fourth-order valence-electron chi connectivity index (χ4n) is 2.08. The maximum atomic E-state index is 10.3. The van der Waals surface area contributed by atoms with E-state index >= 15 is 0 Å². The number of aliphatic hydroxyl groups is 1. The van der Waals surface area contributed by atoms with E-state index in [-0.39, 0.29) is 5.76 Å². The number of allylic oxidation sites excluding steroid dienone is 4. The van der Waals surface area contributed by atoms with E-state index < -0.39 is 5.97 Å². The predicted octanol–water partition coefficient (Wildman–Crippen LogP) is 5.55. The van der Waals surface area contributed by atoms with Crippen molar-refractivity contribution in [2.75, 3.05) is 0 Å². The summed E-state index contributed by atoms with van der Waals surface area (Å²) >= 11 is 0. The zero-order chi connectivity index (χ0) is 15.8. The van der Waals surface area contributed by atoms with Gasteiger partial charge in [-0.1, -0.05) is 76.5 Å². The summed E-state index contributed by atoms with van der Waals surface area (Å²) in [5.74, 6) is -1.38. The van der Waals surface area contributed by atoms with Gasteiger partial charge in [0.15, 0.2) is 0 Å². The van der Waals surface area contributed by atoms with Crippen molar-refractivity contribution in [3.63, 3.8) is 0 Å². The van der Waals surface area contributed by atoms with Crippen LogP contribution in [0, 0.1) is 0 Å². The van der Waals surface area contributed by atoms with E-state index in [2.05, 4.69) is 6.92 Å². The summed E-state index contributed by atoms with van der Waals surface area (Å²) < 4.78 is 0. The van der Waals surface area contributed by atoms with Gasteiger partial charge in [-0.25, -0.2) is 4.79 Å². The molecule has 0 aromatic carbocycles. The molecule has 0 rings (SSSR count). The molecule has 0 aromatic rings. The number of carboxylic acids is 1. The Labute approximate surface area is 129 Å². The minimum absolute atomic E-state index is 0.241. The second-order valence-corrected chi connectivity index (χ2v) is 5.31. The first-order valence-corrected chi connectivity index (χ1v) is 8.13. The molecule has 0 heterocycles. The Morgan fingerprint density at radius 2 is 1.43 bits per heavy atom. The largest absolute Gasteiger partial charge is 0.508 e. The number of unbranched alkanes of at least 4 members (excludes halogenated alkanes) is 9. The molecule has 0 spiro atoms. The van der Waals surface area contributed by atoms with Crippen molar-refractivity contribution in [1.82, 2.24) is 0 Å². The first-order chi connectivity index (χ1) is 10.2. The number of aliphatic carboxylic acids is 1. The number of hydrogen-bond donors (Lipinski definition) is 2. The molecule has 2 N–H and O–H groups in total. The molecule has 0 atom stereocenters. The van der Waals surface area contributed by atoms with Crippen LogP contribution in [0.25, 0.3) is 0 Å². The second-order valence-electron chi connectivity index (χ2n) is 5.31. The number of aliphatic hydroxyl groups excluding tert-OH is 1. The average Bonchev–Trinajstić information content (AvgIpc) is 2.43. The molecule has 120 valence electrons. The highest BCUT2D eigenvalue weighted by Gasteiger charge is 1.92. The van der Waals surface area contributed by atoms with Gasteiger partial charge in [-0.15, -0.1) is 0 Å². The molecule has 3 heteroatoms. The van der Waals surface area contributed by atoms with Crippen LogP contribution in [0.15, 0.2) is 36.1 Å². The van der Waals surface area contributed by atoms with E-state index in [9.17, 15) is 4.79 Å². The molecule has 0 unspecified atom stereocenters. The second kappa shape index (κ2) is 14.9. The van der Waals surface area contributed by atoms with Crippen molar-refractivity contribution in [3.05, 3.63) is 36.1 Å². The molecule has 0 radical (unpaired) electrons. The fraction of sp³-hybridized carbons (Fsp3) is 0.611. The smallest absolute Gasteiger partial charge is 0.332 e. The molecule has 0 fully saturated rings. The average molecular weight is 294 g/mol. The third-order valence-electron chi connectivity index (χ3n) is 3.26. The topological polar surface area (TPSA) is 57.5 Å². The summed E-state index contributed by atoms with van der Waals surface area (Å²) in [7, 11) is 0. The molecule has 0 saturated carbocycles. The van der Waals surface area contributed by atoms with E-state index in [0.29, 0.717) is 0 Å². The Bertz CT molecular complexity index is 340. The van der Waals surface area contributed by atoms with Crippen molar-refractivity contribution in [1.29, 1.82) is 0 Å². The molecule has 0 bridgehead atoms. The van der Waals surface area contributed by atoms with Gasteiger partial charge in [-0.05, 0) is 18.9 Å². The number of hydrogen-bond acceptors (Lipinski definition) is 2. The summed E-state index contributed by atoms with van der Waals surface area (Å²) in [6.07, 6.45) is 20.7. The molecular formula is C18H30O3. The zero-order valence-electron chi connectivity index (χ0n) is 13.3. The van der Waals surface area contributed by atoms with Gasteiger partial charge in [0.05, 0.1) is 6.08 Å². The van der Waals surface area contributed by atoms with Gasteiger partial charge in [0.1, 0.15) is 5.76 Å². The molecule has 0 aliphatic carbocycles. The van der Waals surface area contributed by atoms with Gasteiger partial charge in [0.2, 0.25) is 0 Å². The van der Waals surface area contributed by atoms with E-state index in [4.69, 9.17) is 10.2 Å². The monoisotopic (exact) mass is 294 g/mol. The molecule has 3 nitrogen and oxygen atoms in total. The Balaban J connectivity index is 3.40. The van der Waals surface area contributed by atoms with E-state index in [1.165, 1.54) is 63.9 Å². The molecule has 21 heavy (non-hydrogen) atoms. The van der Waals surface area contributed by atoms with Gasteiger partial charge in [0, 0.05) is 0 Å². The Kier molecular flexibility index (Phi) is 13.8. The van der Waals surface area contributed by atoms with Gasteiger partial charge >= 0.3 is 5.97 Å². The lowest BCUT2D eigenvalue weighted by molar-refractivity contribution is -0.131. The van der Waals surface area contributed by atoms with Crippen LogP contribution < -0.4 is 0 Å². The van der Waals surface area contributed by atoms with Crippen LogP contribution in [0.1, 0.15) is 71.1 Å². The van der Waals surface area contributed by atoms with Crippen molar-refractivity contribution in [2.45, 2.75) is 71.1 Å². The Morgan fingerprint density at radius 3 is 2.00 bits per heavy atom. The highest BCUT2D eigenvalue weighted by atomic mass is 16.4. The SMILES string of the molecule is CCCCCCCCCCC/C=C/C=C/C(O)=C/C(=O)O.